The number of hydrogen-bond acceptors (Lipinski definition) is 10. The summed E-state index contributed by atoms with van der Waals surface area (Å²) in [6.45, 7) is 0.204. The lowest BCUT2D eigenvalue weighted by Crippen LogP contribution is -2.67. The first-order valence-electron chi connectivity index (χ1n) is 17.8. The fourth-order valence-corrected chi connectivity index (χ4v) is 7.69. The van der Waals surface area contributed by atoms with E-state index in [0.717, 1.165) is 11.1 Å². The van der Waals surface area contributed by atoms with Crippen molar-refractivity contribution in [1.29, 1.82) is 5.41 Å². The highest BCUT2D eigenvalue weighted by molar-refractivity contribution is 6.07. The molecular formula is C36H45N9O8. The lowest BCUT2D eigenvalue weighted by Gasteiger charge is -2.42. The minimum Gasteiger partial charge on any atom is -0.508 e. The Morgan fingerprint density at radius 1 is 0.981 bits per heavy atom. The molecule has 0 aliphatic carbocycles. The minimum absolute atomic E-state index is 0.0720. The molecule has 0 saturated carbocycles. The van der Waals surface area contributed by atoms with E-state index in [0.29, 0.717) is 38.5 Å². The van der Waals surface area contributed by atoms with Crippen LogP contribution in [0.4, 0.5) is 0 Å². The summed E-state index contributed by atoms with van der Waals surface area (Å²) in [5.41, 5.74) is -0.338. The maximum Gasteiger partial charge on any atom is 0.282 e. The number of guanidine groups is 1. The zero-order chi connectivity index (χ0) is 37.7. The molecule has 4 aliphatic heterocycles. The first-order chi connectivity index (χ1) is 25.5. The molecule has 4 aliphatic rings. The number of carbonyl (C=O) groups is 6. The van der Waals surface area contributed by atoms with Crippen LogP contribution in [0.15, 0.2) is 54.6 Å². The Morgan fingerprint density at radius 3 is 2.43 bits per heavy atom. The molecule has 2 aromatic carbocycles. The van der Waals surface area contributed by atoms with Crippen LogP contribution in [-0.2, 0) is 41.6 Å². The quantitative estimate of drug-likeness (QED) is 0.102. The van der Waals surface area contributed by atoms with Crippen LogP contribution in [0.3, 0.4) is 0 Å². The van der Waals surface area contributed by atoms with Crippen molar-refractivity contribution in [1.82, 2.24) is 41.7 Å². The number of phenolic OH excluding ortho intramolecular Hbond substituents is 1. The van der Waals surface area contributed by atoms with Gasteiger partial charge in [0.25, 0.3) is 5.91 Å². The molecule has 282 valence electrons. The zero-order valence-electron chi connectivity index (χ0n) is 29.0. The van der Waals surface area contributed by atoms with E-state index in [1.165, 1.54) is 9.80 Å². The van der Waals surface area contributed by atoms with Crippen molar-refractivity contribution in [3.8, 4) is 5.75 Å². The standard InChI is InChI=1S/C36H45N9O8/c37-35-43-34(52)36(53)29(9-5-15-45(35)36)42-32(50)28-8-4-14-44(28)33(51)27(39-20-46)19-38-30(48)18-25-24(16-22-10-12-23(47)13-11-22)41-31(49)26(40-25)17-21-6-2-1-3-7-21/h1-3,6-7,10-13,20,24-29,40,47,53H,4-5,8-9,14-19H2,(H,38,48)(H,39,46)(H,41,49)(H,42,50)(H2,37,43,52). The van der Waals surface area contributed by atoms with Gasteiger partial charge in [-0.1, -0.05) is 42.5 Å². The fraction of sp³-hybridized carbons (Fsp3) is 0.472. The normalized spacial score (nSPS) is 27.3. The highest BCUT2D eigenvalue weighted by Crippen LogP contribution is 2.31. The Balaban J connectivity index is 1.09. The van der Waals surface area contributed by atoms with Crippen LogP contribution in [0.5, 0.6) is 5.75 Å². The van der Waals surface area contributed by atoms with Crippen LogP contribution in [0.2, 0.25) is 0 Å². The number of rotatable bonds is 13. The van der Waals surface area contributed by atoms with E-state index < -0.39 is 65.6 Å². The third-order valence-corrected chi connectivity index (χ3v) is 10.5. The smallest absolute Gasteiger partial charge is 0.282 e. The van der Waals surface area contributed by atoms with Crippen LogP contribution in [-0.4, -0.2) is 124 Å². The number of fused-ring (bicyclic) bond motifs is 1. The van der Waals surface area contributed by atoms with Crippen molar-refractivity contribution in [2.75, 3.05) is 19.6 Å². The first-order valence-corrected chi connectivity index (χ1v) is 17.8. The summed E-state index contributed by atoms with van der Waals surface area (Å²) in [7, 11) is 0. The predicted octanol–water partition coefficient (Wildman–Crippen LogP) is -2.05. The number of aromatic hydroxyl groups is 1. The second kappa shape index (κ2) is 16.0. The SMILES string of the molecule is N=C1NC(=O)C2(O)C(NC(=O)C3CCCN3C(=O)C(CNC(=O)CC3NC(Cc4ccccc4)C(=O)NC3Cc3ccc(O)cc3)NC=O)CCCN12. The molecule has 53 heavy (non-hydrogen) atoms. The Hall–Kier alpha value is -5.55. The number of nitrogens with one attached hydrogen (secondary N) is 7. The fourth-order valence-electron chi connectivity index (χ4n) is 7.69. The number of piperazine rings is 1. The van der Waals surface area contributed by atoms with Crippen molar-refractivity contribution in [3.05, 3.63) is 65.7 Å². The largest absolute Gasteiger partial charge is 0.508 e. The monoisotopic (exact) mass is 731 g/mol. The highest BCUT2D eigenvalue weighted by Gasteiger charge is 2.58. The zero-order valence-corrected chi connectivity index (χ0v) is 29.0. The molecule has 0 aromatic heterocycles. The molecule has 0 spiro atoms. The van der Waals surface area contributed by atoms with Crippen LogP contribution in [0.1, 0.15) is 43.2 Å². The van der Waals surface area contributed by atoms with E-state index in [9.17, 15) is 39.0 Å². The van der Waals surface area contributed by atoms with Gasteiger partial charge >= 0.3 is 0 Å². The summed E-state index contributed by atoms with van der Waals surface area (Å²) in [6, 6.07) is 11.3. The number of likely N-dealkylation sites (tertiary alicyclic amines) is 1. The molecule has 4 saturated heterocycles. The molecule has 17 heteroatoms. The van der Waals surface area contributed by atoms with Gasteiger partial charge in [0.1, 0.15) is 17.8 Å². The van der Waals surface area contributed by atoms with Gasteiger partial charge in [-0.3, -0.25) is 39.5 Å². The van der Waals surface area contributed by atoms with Crippen LogP contribution in [0, 0.1) is 5.41 Å². The molecule has 7 unspecified atom stereocenters. The number of phenols is 1. The van der Waals surface area contributed by atoms with Crippen LogP contribution < -0.4 is 31.9 Å². The van der Waals surface area contributed by atoms with Gasteiger partial charge in [-0.25, -0.2) is 0 Å². The molecule has 0 bridgehead atoms. The molecule has 6 rings (SSSR count). The lowest BCUT2D eigenvalue weighted by molar-refractivity contribution is -0.160. The third-order valence-electron chi connectivity index (χ3n) is 10.5. The van der Waals surface area contributed by atoms with E-state index in [1.807, 2.05) is 30.3 Å². The second-order valence-electron chi connectivity index (χ2n) is 13.9. The third kappa shape index (κ3) is 8.10. The molecule has 2 aromatic rings. The summed E-state index contributed by atoms with van der Waals surface area (Å²) in [5, 5.41) is 45.6. The molecular weight excluding hydrogens is 686 g/mol. The Morgan fingerprint density at radius 2 is 1.70 bits per heavy atom. The summed E-state index contributed by atoms with van der Waals surface area (Å²) in [5.74, 6) is -2.76. The number of hydrogen-bond donors (Lipinski definition) is 9. The number of piperidine rings is 1. The van der Waals surface area contributed by atoms with Crippen molar-refractivity contribution in [3.63, 3.8) is 0 Å². The van der Waals surface area contributed by atoms with E-state index >= 15 is 0 Å². The molecule has 17 nitrogen and oxygen atoms in total. The van der Waals surface area contributed by atoms with E-state index in [4.69, 9.17) is 5.41 Å². The molecule has 4 fully saturated rings. The van der Waals surface area contributed by atoms with Gasteiger partial charge in [0, 0.05) is 38.1 Å². The maximum atomic E-state index is 13.8. The van der Waals surface area contributed by atoms with Crippen molar-refractivity contribution in [2.45, 2.75) is 86.9 Å². The molecule has 9 N–H and O–H groups in total. The van der Waals surface area contributed by atoms with Gasteiger partial charge in [-0.05, 0) is 61.8 Å². The summed E-state index contributed by atoms with van der Waals surface area (Å²) in [6.07, 6.45) is 2.64. The van der Waals surface area contributed by atoms with Gasteiger partial charge in [0.05, 0.1) is 12.1 Å². The lowest BCUT2D eigenvalue weighted by atomic mass is 9.91. The van der Waals surface area contributed by atoms with E-state index in [2.05, 4.69) is 31.9 Å². The molecule has 4 heterocycles. The molecule has 7 atom stereocenters. The van der Waals surface area contributed by atoms with Crippen molar-refractivity contribution < 1.29 is 39.0 Å². The van der Waals surface area contributed by atoms with Crippen LogP contribution in [0.25, 0.3) is 0 Å². The Kier molecular flexibility index (Phi) is 11.2. The highest BCUT2D eigenvalue weighted by atomic mass is 16.3. The van der Waals surface area contributed by atoms with Gasteiger partial charge < -0.3 is 46.6 Å². The summed E-state index contributed by atoms with van der Waals surface area (Å²) < 4.78 is 0. The molecule has 6 amide bonds. The Bertz CT molecular complexity index is 1730. The number of amides is 6. The number of nitrogens with zero attached hydrogens (tertiary/aromatic N) is 2. The molecule has 0 radical (unpaired) electrons. The topological polar surface area (TPSA) is 245 Å². The minimum atomic E-state index is -2.12. The van der Waals surface area contributed by atoms with Gasteiger partial charge in [0.2, 0.25) is 41.7 Å². The average Bonchev–Trinajstić information content (AvgIpc) is 3.72. The van der Waals surface area contributed by atoms with Crippen molar-refractivity contribution >= 4 is 41.9 Å². The average molecular weight is 732 g/mol. The first kappa shape index (κ1) is 37.2. The van der Waals surface area contributed by atoms with Gasteiger partial charge in [-0.15, -0.1) is 0 Å². The van der Waals surface area contributed by atoms with Crippen molar-refractivity contribution in [2.24, 2.45) is 0 Å². The predicted molar refractivity (Wildman–Crippen MR) is 189 cm³/mol. The summed E-state index contributed by atoms with van der Waals surface area (Å²) >= 11 is 0. The number of benzene rings is 2. The Labute approximate surface area is 305 Å². The summed E-state index contributed by atoms with van der Waals surface area (Å²) in [4.78, 5) is 80.6. The second-order valence-corrected chi connectivity index (χ2v) is 13.9. The van der Waals surface area contributed by atoms with E-state index in [-0.39, 0.29) is 50.1 Å². The van der Waals surface area contributed by atoms with Crippen LogP contribution >= 0.6 is 0 Å². The number of carbonyl (C=O) groups excluding carboxylic acids is 6. The van der Waals surface area contributed by atoms with Gasteiger partial charge in [0.15, 0.2) is 0 Å². The van der Waals surface area contributed by atoms with Gasteiger partial charge in [-0.2, -0.15) is 0 Å². The van der Waals surface area contributed by atoms with E-state index in [1.54, 1.807) is 24.3 Å². The number of aliphatic hydroxyl groups is 1. The maximum absolute atomic E-state index is 13.8.